The van der Waals surface area contributed by atoms with Crippen LogP contribution >= 0.6 is 0 Å². The lowest BCUT2D eigenvalue weighted by atomic mass is 10.1. The van der Waals surface area contributed by atoms with Crippen LogP contribution in [0.15, 0.2) is 42.5 Å². The number of nitrogens with one attached hydrogen (secondary N) is 1. The first-order valence-corrected chi connectivity index (χ1v) is 10.4. The highest BCUT2D eigenvalue weighted by Gasteiger charge is 2.10. The molecule has 3 rings (SSSR count). The van der Waals surface area contributed by atoms with Crippen LogP contribution in [0.1, 0.15) is 60.9 Å². The van der Waals surface area contributed by atoms with Crippen LogP contribution in [0.25, 0.3) is 11.0 Å². The molecule has 1 amide bonds. The summed E-state index contributed by atoms with van der Waals surface area (Å²) in [6.07, 6.45) is 3.86. The van der Waals surface area contributed by atoms with E-state index in [-0.39, 0.29) is 5.91 Å². The normalized spacial score (nSPS) is 10.9. The molecule has 1 heterocycles. The van der Waals surface area contributed by atoms with E-state index in [0.717, 1.165) is 66.0 Å². The van der Waals surface area contributed by atoms with Crippen molar-refractivity contribution in [3.63, 3.8) is 0 Å². The Balaban J connectivity index is 1.65. The van der Waals surface area contributed by atoms with E-state index in [1.807, 2.05) is 42.5 Å². The van der Waals surface area contributed by atoms with Gasteiger partial charge in [-0.05, 0) is 55.2 Å². The monoisotopic (exact) mass is 391 g/mol. The minimum absolute atomic E-state index is 0.116. The third kappa shape index (κ3) is 5.31. The van der Waals surface area contributed by atoms with E-state index in [1.165, 1.54) is 0 Å². The van der Waals surface area contributed by atoms with Gasteiger partial charge in [-0.15, -0.1) is 0 Å². The van der Waals surface area contributed by atoms with Crippen LogP contribution in [0.5, 0.6) is 5.75 Å². The second-order valence-electron chi connectivity index (χ2n) is 7.06. The second-order valence-corrected chi connectivity index (χ2v) is 7.06. The quantitative estimate of drug-likeness (QED) is 0.529. The average molecular weight is 392 g/mol. The van der Waals surface area contributed by atoms with Gasteiger partial charge in [0.1, 0.15) is 5.75 Å². The molecule has 0 unspecified atom stereocenters. The summed E-state index contributed by atoms with van der Waals surface area (Å²) in [6.45, 7) is 7.50. The first-order chi connectivity index (χ1) is 14.1. The molecule has 0 aliphatic carbocycles. The maximum absolute atomic E-state index is 12.6. The first kappa shape index (κ1) is 20.8. The summed E-state index contributed by atoms with van der Waals surface area (Å²) < 4.78 is 5.67. The smallest absolute Gasteiger partial charge is 0.251 e. The number of hydrogen-bond donors (Lipinski definition) is 1. The van der Waals surface area contributed by atoms with Gasteiger partial charge >= 0.3 is 0 Å². The fourth-order valence-corrected chi connectivity index (χ4v) is 3.16. The van der Waals surface area contributed by atoms with Gasteiger partial charge in [-0.2, -0.15) is 0 Å². The minimum atomic E-state index is -0.116. The van der Waals surface area contributed by atoms with Crippen molar-refractivity contribution in [3.05, 3.63) is 65.0 Å². The van der Waals surface area contributed by atoms with E-state index in [0.29, 0.717) is 12.1 Å². The van der Waals surface area contributed by atoms with Crippen LogP contribution in [0, 0.1) is 0 Å². The number of aryl methyl sites for hydroxylation is 2. The molecule has 0 aliphatic rings. The zero-order chi connectivity index (χ0) is 20.6. The van der Waals surface area contributed by atoms with E-state index in [2.05, 4.69) is 31.1 Å². The van der Waals surface area contributed by atoms with Gasteiger partial charge in [-0.25, -0.2) is 9.97 Å². The number of unbranched alkanes of at least 4 members (excludes halogenated alkanes) is 1. The topological polar surface area (TPSA) is 64.1 Å². The molecule has 5 nitrogen and oxygen atoms in total. The highest BCUT2D eigenvalue weighted by molar-refractivity contribution is 5.97. The van der Waals surface area contributed by atoms with Gasteiger partial charge in [0, 0.05) is 12.1 Å². The molecule has 0 spiro atoms. The Morgan fingerprint density at radius 2 is 1.62 bits per heavy atom. The van der Waals surface area contributed by atoms with Crippen LogP contribution in [0.4, 0.5) is 0 Å². The standard InChI is InChI=1S/C24H29N3O2/c1-4-7-14-29-19-11-8-17(9-12-19)16-25-24(28)18-10-13-22-23(15-18)27-21(6-3)20(5-2)26-22/h8-13,15H,4-7,14,16H2,1-3H3,(H,25,28). The summed E-state index contributed by atoms with van der Waals surface area (Å²) in [5.41, 5.74) is 5.24. The van der Waals surface area contributed by atoms with Crippen LogP contribution in [0.3, 0.4) is 0 Å². The van der Waals surface area contributed by atoms with Crippen molar-refractivity contribution in [2.24, 2.45) is 0 Å². The number of fused-ring (bicyclic) bond motifs is 1. The van der Waals surface area contributed by atoms with Crippen molar-refractivity contribution in [2.45, 2.75) is 53.0 Å². The van der Waals surface area contributed by atoms with Gasteiger partial charge < -0.3 is 10.1 Å². The molecule has 152 valence electrons. The van der Waals surface area contributed by atoms with Gasteiger partial charge in [-0.1, -0.05) is 39.3 Å². The van der Waals surface area contributed by atoms with E-state index in [1.54, 1.807) is 0 Å². The molecule has 3 aromatic rings. The Hall–Kier alpha value is -2.95. The lowest BCUT2D eigenvalue weighted by molar-refractivity contribution is 0.0951. The van der Waals surface area contributed by atoms with Crippen LogP contribution in [-0.2, 0) is 19.4 Å². The SMILES string of the molecule is CCCCOc1ccc(CNC(=O)c2ccc3nc(CC)c(CC)nc3c2)cc1. The molecule has 0 atom stereocenters. The van der Waals surface area contributed by atoms with E-state index < -0.39 is 0 Å². The molecule has 1 aromatic heterocycles. The number of ether oxygens (including phenoxy) is 1. The number of amides is 1. The third-order valence-corrected chi connectivity index (χ3v) is 4.89. The molecule has 0 aliphatic heterocycles. The minimum Gasteiger partial charge on any atom is -0.494 e. The molecule has 29 heavy (non-hydrogen) atoms. The molecule has 0 fully saturated rings. The predicted octanol–water partition coefficient (Wildman–Crippen LogP) is 4.86. The Morgan fingerprint density at radius 1 is 0.931 bits per heavy atom. The van der Waals surface area contributed by atoms with Gasteiger partial charge in [0.2, 0.25) is 0 Å². The van der Waals surface area contributed by atoms with Crippen LogP contribution < -0.4 is 10.1 Å². The molecule has 0 saturated heterocycles. The third-order valence-electron chi connectivity index (χ3n) is 4.89. The number of nitrogens with zero attached hydrogens (tertiary/aromatic N) is 2. The number of aromatic nitrogens is 2. The van der Waals surface area contributed by atoms with E-state index in [9.17, 15) is 4.79 Å². The molecular formula is C24H29N3O2. The summed E-state index contributed by atoms with van der Waals surface area (Å²) in [6, 6.07) is 13.3. The Labute approximate surface area is 172 Å². The first-order valence-electron chi connectivity index (χ1n) is 10.4. The number of rotatable bonds is 9. The maximum atomic E-state index is 12.6. The molecule has 0 saturated carbocycles. The zero-order valence-electron chi connectivity index (χ0n) is 17.5. The fourth-order valence-electron chi connectivity index (χ4n) is 3.16. The predicted molar refractivity (Wildman–Crippen MR) is 116 cm³/mol. The highest BCUT2D eigenvalue weighted by atomic mass is 16.5. The largest absolute Gasteiger partial charge is 0.494 e. The zero-order valence-corrected chi connectivity index (χ0v) is 17.5. The number of carbonyl (C=O) groups excluding carboxylic acids is 1. The summed E-state index contributed by atoms with van der Waals surface area (Å²) in [7, 11) is 0. The number of benzene rings is 2. The maximum Gasteiger partial charge on any atom is 0.251 e. The summed E-state index contributed by atoms with van der Waals surface area (Å²) >= 11 is 0. The van der Waals surface area contributed by atoms with Crippen molar-refractivity contribution in [1.29, 1.82) is 0 Å². The van der Waals surface area contributed by atoms with Gasteiger partial charge in [0.05, 0.1) is 29.0 Å². The van der Waals surface area contributed by atoms with Gasteiger partial charge in [-0.3, -0.25) is 4.79 Å². The van der Waals surface area contributed by atoms with Crippen molar-refractivity contribution in [1.82, 2.24) is 15.3 Å². The average Bonchev–Trinajstić information content (AvgIpc) is 2.77. The Bertz CT molecular complexity index is 968. The summed E-state index contributed by atoms with van der Waals surface area (Å²) in [5.74, 6) is 0.745. The van der Waals surface area contributed by atoms with Crippen LogP contribution in [0.2, 0.25) is 0 Å². The lowest BCUT2D eigenvalue weighted by Crippen LogP contribution is -2.22. The van der Waals surface area contributed by atoms with Crippen LogP contribution in [-0.4, -0.2) is 22.5 Å². The molecule has 5 heteroatoms. The van der Waals surface area contributed by atoms with Crippen molar-refractivity contribution in [2.75, 3.05) is 6.61 Å². The van der Waals surface area contributed by atoms with Crippen molar-refractivity contribution in [3.8, 4) is 5.75 Å². The number of hydrogen-bond acceptors (Lipinski definition) is 4. The number of carbonyl (C=O) groups is 1. The van der Waals surface area contributed by atoms with Gasteiger partial charge in [0.15, 0.2) is 0 Å². The summed E-state index contributed by atoms with van der Waals surface area (Å²) in [5, 5.41) is 2.97. The Kier molecular flexibility index (Phi) is 7.17. The molecule has 0 bridgehead atoms. The van der Waals surface area contributed by atoms with Crippen molar-refractivity contribution >= 4 is 16.9 Å². The second kappa shape index (κ2) is 10.0. The van der Waals surface area contributed by atoms with E-state index >= 15 is 0 Å². The molecule has 2 aromatic carbocycles. The molecule has 1 N–H and O–H groups in total. The van der Waals surface area contributed by atoms with Gasteiger partial charge in [0.25, 0.3) is 5.91 Å². The van der Waals surface area contributed by atoms with E-state index in [4.69, 9.17) is 9.72 Å². The van der Waals surface area contributed by atoms with Crippen molar-refractivity contribution < 1.29 is 9.53 Å². The fraction of sp³-hybridized carbons (Fsp3) is 0.375. The Morgan fingerprint density at radius 3 is 2.28 bits per heavy atom. The lowest BCUT2D eigenvalue weighted by Gasteiger charge is -2.09. The molecule has 0 radical (unpaired) electrons. The summed E-state index contributed by atoms with van der Waals surface area (Å²) in [4.78, 5) is 22.0. The molecular weight excluding hydrogens is 362 g/mol. The highest BCUT2D eigenvalue weighted by Crippen LogP contribution is 2.17.